The fourth-order valence-electron chi connectivity index (χ4n) is 2.40. The number of methoxy groups -OCH3 is 3. The molecule has 2 rings (SSSR count). The second-order valence-corrected chi connectivity index (χ2v) is 5.46. The van der Waals surface area contributed by atoms with Crippen LogP contribution in [0.1, 0.15) is 10.4 Å². The number of hydrogen-bond donors (Lipinski definition) is 1. The largest absolute Gasteiger partial charge is 0.496 e. The summed E-state index contributed by atoms with van der Waals surface area (Å²) in [5.74, 6) is 0.618. The van der Waals surface area contributed by atoms with Crippen molar-refractivity contribution in [1.29, 1.82) is 0 Å². The van der Waals surface area contributed by atoms with Crippen LogP contribution >= 0.6 is 0 Å². The van der Waals surface area contributed by atoms with Crippen LogP contribution in [0.5, 0.6) is 23.0 Å². The van der Waals surface area contributed by atoms with E-state index in [1.54, 1.807) is 37.4 Å². The minimum atomic E-state index is -0.713. The first kappa shape index (κ1) is 20.9. The molecule has 0 aliphatic carbocycles. The first-order valence-corrected chi connectivity index (χ1v) is 8.51. The summed E-state index contributed by atoms with van der Waals surface area (Å²) in [7, 11) is 4.41. The monoisotopic (exact) mass is 389 g/mol. The molecule has 0 aromatic heterocycles. The van der Waals surface area contributed by atoms with E-state index in [9.17, 15) is 9.59 Å². The Labute approximate surface area is 163 Å². The van der Waals surface area contributed by atoms with E-state index in [4.69, 9.17) is 23.7 Å². The van der Waals surface area contributed by atoms with E-state index in [1.165, 1.54) is 14.2 Å². The van der Waals surface area contributed by atoms with Crippen molar-refractivity contribution in [3.05, 3.63) is 48.0 Å². The van der Waals surface area contributed by atoms with Crippen LogP contribution in [0.2, 0.25) is 0 Å². The number of amides is 1. The van der Waals surface area contributed by atoms with Crippen molar-refractivity contribution in [3.63, 3.8) is 0 Å². The third kappa shape index (κ3) is 5.54. The highest BCUT2D eigenvalue weighted by Crippen LogP contribution is 2.29. The molecule has 0 spiro atoms. The smallest absolute Gasteiger partial charge is 0.346 e. The lowest BCUT2D eigenvalue weighted by molar-refractivity contribution is -0.124. The lowest BCUT2D eigenvalue weighted by Gasteiger charge is -2.13. The molecule has 8 heteroatoms. The number of esters is 1. The molecule has 0 saturated carbocycles. The highest BCUT2D eigenvalue weighted by Gasteiger charge is 2.20. The van der Waals surface area contributed by atoms with Crippen LogP contribution in [-0.4, -0.2) is 53.0 Å². The third-order valence-electron chi connectivity index (χ3n) is 3.72. The fraction of sp³-hybridized carbons (Fsp3) is 0.300. The van der Waals surface area contributed by atoms with Gasteiger partial charge in [0, 0.05) is 0 Å². The Bertz CT molecular complexity index is 785. The average Bonchev–Trinajstić information content (AvgIpc) is 2.74. The molecule has 0 heterocycles. The lowest BCUT2D eigenvalue weighted by atomic mass is 10.2. The van der Waals surface area contributed by atoms with E-state index in [-0.39, 0.29) is 18.7 Å². The maximum absolute atomic E-state index is 12.3. The summed E-state index contributed by atoms with van der Waals surface area (Å²) >= 11 is 0. The fourth-order valence-corrected chi connectivity index (χ4v) is 2.40. The molecule has 2 aromatic rings. The summed E-state index contributed by atoms with van der Waals surface area (Å²) < 4.78 is 26.1. The quantitative estimate of drug-likeness (QED) is 0.491. The number of nitrogens with one attached hydrogen (secondary N) is 1. The van der Waals surface area contributed by atoms with Gasteiger partial charge in [0.15, 0.2) is 18.1 Å². The third-order valence-corrected chi connectivity index (χ3v) is 3.72. The van der Waals surface area contributed by atoms with Gasteiger partial charge in [-0.2, -0.15) is 0 Å². The standard InChI is InChI=1S/C20H23NO7/c1-24-14-7-4-5-8-15(14)27-12-11-21-18(22)13-28-20(23)19-16(25-2)9-6-10-17(19)26-3/h4-10H,11-13H2,1-3H3,(H,21,22). The van der Waals surface area contributed by atoms with Crippen LogP contribution in [0.3, 0.4) is 0 Å². The summed E-state index contributed by atoms with van der Waals surface area (Å²) in [6.45, 7) is 0.0432. The molecule has 1 N–H and O–H groups in total. The number of carbonyl (C=O) groups is 2. The Balaban J connectivity index is 1.79. The number of benzene rings is 2. The van der Waals surface area contributed by atoms with Gasteiger partial charge < -0.3 is 29.0 Å². The van der Waals surface area contributed by atoms with Gasteiger partial charge in [0.2, 0.25) is 0 Å². The van der Waals surface area contributed by atoms with Crippen LogP contribution in [0.4, 0.5) is 0 Å². The molecular formula is C20H23NO7. The zero-order valence-electron chi connectivity index (χ0n) is 16.0. The highest BCUT2D eigenvalue weighted by atomic mass is 16.5. The van der Waals surface area contributed by atoms with Crippen molar-refractivity contribution in [3.8, 4) is 23.0 Å². The summed E-state index contributed by atoms with van der Waals surface area (Å²) in [6.07, 6.45) is 0. The van der Waals surface area contributed by atoms with Gasteiger partial charge in [-0.25, -0.2) is 4.79 Å². The van der Waals surface area contributed by atoms with Crippen LogP contribution in [0.15, 0.2) is 42.5 Å². The molecule has 0 atom stereocenters. The van der Waals surface area contributed by atoms with Gasteiger partial charge in [-0.1, -0.05) is 18.2 Å². The number of carbonyl (C=O) groups excluding carboxylic acids is 2. The van der Waals surface area contributed by atoms with E-state index >= 15 is 0 Å². The molecule has 28 heavy (non-hydrogen) atoms. The number of para-hydroxylation sites is 2. The molecule has 150 valence electrons. The summed E-state index contributed by atoms with van der Waals surface area (Å²) in [4.78, 5) is 24.2. The first-order valence-electron chi connectivity index (χ1n) is 8.51. The highest BCUT2D eigenvalue weighted by molar-refractivity contribution is 5.96. The molecule has 1 amide bonds. The van der Waals surface area contributed by atoms with Gasteiger partial charge in [-0.15, -0.1) is 0 Å². The van der Waals surface area contributed by atoms with Crippen molar-refractivity contribution in [2.75, 3.05) is 41.1 Å². The van der Waals surface area contributed by atoms with Gasteiger partial charge in [-0.05, 0) is 24.3 Å². The van der Waals surface area contributed by atoms with Crippen LogP contribution in [0, 0.1) is 0 Å². The average molecular weight is 389 g/mol. The second-order valence-electron chi connectivity index (χ2n) is 5.46. The molecule has 0 aliphatic rings. The van der Waals surface area contributed by atoms with Crippen molar-refractivity contribution >= 4 is 11.9 Å². The Kier molecular flexibility index (Phi) is 7.95. The zero-order chi connectivity index (χ0) is 20.4. The predicted molar refractivity (Wildman–Crippen MR) is 101 cm³/mol. The summed E-state index contributed by atoms with van der Waals surface area (Å²) in [5.41, 5.74) is 0.125. The van der Waals surface area contributed by atoms with Crippen LogP contribution in [-0.2, 0) is 9.53 Å². The minimum absolute atomic E-state index is 0.125. The molecule has 0 aliphatic heterocycles. The topological polar surface area (TPSA) is 92.3 Å². The van der Waals surface area contributed by atoms with E-state index in [0.29, 0.717) is 23.0 Å². The molecule has 0 saturated heterocycles. The maximum Gasteiger partial charge on any atom is 0.346 e. The van der Waals surface area contributed by atoms with E-state index in [1.807, 2.05) is 12.1 Å². The lowest BCUT2D eigenvalue weighted by Crippen LogP contribution is -2.32. The van der Waals surface area contributed by atoms with E-state index in [0.717, 1.165) is 0 Å². The van der Waals surface area contributed by atoms with Gasteiger partial charge in [-0.3, -0.25) is 4.79 Å². The predicted octanol–water partition coefficient (Wildman–Crippen LogP) is 2.06. The first-order chi connectivity index (χ1) is 13.6. The molecule has 0 unspecified atom stereocenters. The van der Waals surface area contributed by atoms with E-state index in [2.05, 4.69) is 5.32 Å². The van der Waals surface area contributed by atoms with Crippen molar-refractivity contribution < 1.29 is 33.3 Å². The molecule has 2 aromatic carbocycles. The summed E-state index contributed by atoms with van der Waals surface area (Å²) in [5, 5.41) is 2.61. The van der Waals surface area contributed by atoms with Crippen LogP contribution < -0.4 is 24.3 Å². The Hall–Kier alpha value is -3.42. The minimum Gasteiger partial charge on any atom is -0.496 e. The number of hydrogen-bond acceptors (Lipinski definition) is 7. The zero-order valence-corrected chi connectivity index (χ0v) is 16.0. The molecule has 8 nitrogen and oxygen atoms in total. The van der Waals surface area contributed by atoms with E-state index < -0.39 is 18.5 Å². The molecule has 0 bridgehead atoms. The van der Waals surface area contributed by atoms with Gasteiger partial charge in [0.05, 0.1) is 27.9 Å². The Morgan fingerprint density at radius 2 is 1.39 bits per heavy atom. The van der Waals surface area contributed by atoms with Gasteiger partial charge in [0.1, 0.15) is 23.7 Å². The summed E-state index contributed by atoms with van der Waals surface area (Å²) in [6, 6.07) is 12.1. The van der Waals surface area contributed by atoms with Gasteiger partial charge >= 0.3 is 5.97 Å². The van der Waals surface area contributed by atoms with Crippen LogP contribution in [0.25, 0.3) is 0 Å². The SMILES string of the molecule is COc1ccccc1OCCNC(=O)COC(=O)c1c(OC)cccc1OC. The second kappa shape index (κ2) is 10.7. The van der Waals surface area contributed by atoms with Crippen molar-refractivity contribution in [1.82, 2.24) is 5.32 Å². The molecular weight excluding hydrogens is 366 g/mol. The van der Waals surface area contributed by atoms with Gasteiger partial charge in [0.25, 0.3) is 5.91 Å². The van der Waals surface area contributed by atoms with Crippen molar-refractivity contribution in [2.24, 2.45) is 0 Å². The Morgan fingerprint density at radius 1 is 0.821 bits per heavy atom. The molecule has 0 fully saturated rings. The maximum atomic E-state index is 12.3. The number of ether oxygens (including phenoxy) is 5. The normalized spacial score (nSPS) is 9.96. The van der Waals surface area contributed by atoms with Crippen molar-refractivity contribution in [2.45, 2.75) is 0 Å². The molecule has 0 radical (unpaired) electrons. The number of rotatable bonds is 10. The Morgan fingerprint density at radius 3 is 2.00 bits per heavy atom.